The van der Waals surface area contributed by atoms with Crippen LogP contribution in [0.25, 0.3) is 0 Å². The first-order chi connectivity index (χ1) is 22.1. The van der Waals surface area contributed by atoms with Gasteiger partial charge < -0.3 is 15.5 Å². The van der Waals surface area contributed by atoms with Gasteiger partial charge in [0.1, 0.15) is 12.1 Å². The number of likely N-dealkylation sites (tertiary alicyclic amines) is 1. The van der Waals surface area contributed by atoms with Crippen molar-refractivity contribution in [2.24, 2.45) is 38.9 Å². The molecular formula is C37H55N5O5S. The average Bonchev–Trinajstić information content (AvgIpc) is 3.31. The molecule has 1 saturated carbocycles. The maximum atomic E-state index is 14.4. The van der Waals surface area contributed by atoms with Crippen LogP contribution >= 0.6 is 0 Å². The van der Waals surface area contributed by atoms with Crippen LogP contribution < -0.4 is 10.6 Å². The number of nitrogens with zero attached hydrogens (tertiary/aromatic N) is 3. The van der Waals surface area contributed by atoms with E-state index in [2.05, 4.69) is 48.8 Å². The van der Waals surface area contributed by atoms with Crippen LogP contribution in [0.4, 0.5) is 0 Å². The molecule has 0 aromatic heterocycles. The topological polar surface area (TPSA) is 149 Å². The molecule has 0 bridgehead atoms. The summed E-state index contributed by atoms with van der Waals surface area (Å²) in [7, 11) is -4.20. The molecule has 2 aliphatic heterocycles. The number of carbonyl (C=O) groups excluding carboxylic acids is 3. The Labute approximate surface area is 287 Å². The third-order valence-corrected chi connectivity index (χ3v) is 12.2. The Morgan fingerprint density at radius 3 is 2.15 bits per heavy atom. The molecule has 264 valence electrons. The second-order valence-electron chi connectivity index (χ2n) is 16.7. The van der Waals surface area contributed by atoms with Gasteiger partial charge in [-0.25, -0.2) is 0 Å². The predicted molar refractivity (Wildman–Crippen MR) is 187 cm³/mol. The van der Waals surface area contributed by atoms with E-state index in [1.807, 2.05) is 60.6 Å². The van der Waals surface area contributed by atoms with E-state index in [4.69, 9.17) is 0 Å². The molecule has 2 saturated heterocycles. The summed E-state index contributed by atoms with van der Waals surface area (Å²) in [6.45, 7) is 22.7. The Morgan fingerprint density at radius 2 is 1.69 bits per heavy atom. The normalized spacial score (nSPS) is 24.9. The van der Waals surface area contributed by atoms with Gasteiger partial charge in [0.2, 0.25) is 17.7 Å². The zero-order valence-electron chi connectivity index (χ0n) is 30.5. The number of nitriles is 1. The number of rotatable bonds is 11. The maximum Gasteiger partial charge on any atom is 0.282 e. The summed E-state index contributed by atoms with van der Waals surface area (Å²) in [6, 6.07) is 4.37. The number of hydrogen-bond acceptors (Lipinski definition) is 6. The van der Waals surface area contributed by atoms with Crippen LogP contribution in [0.1, 0.15) is 123 Å². The highest BCUT2D eigenvalue weighted by Gasteiger charge is 2.69. The number of hydrogen-bond donors (Lipinski definition) is 2. The van der Waals surface area contributed by atoms with Crippen molar-refractivity contribution in [3.63, 3.8) is 0 Å². The van der Waals surface area contributed by atoms with E-state index in [0.29, 0.717) is 30.6 Å². The van der Waals surface area contributed by atoms with Gasteiger partial charge in [-0.1, -0.05) is 88.3 Å². The first-order valence-corrected chi connectivity index (χ1v) is 18.8. The summed E-state index contributed by atoms with van der Waals surface area (Å²) in [4.78, 5) is 42.2. The van der Waals surface area contributed by atoms with Crippen LogP contribution in [0.2, 0.25) is 0 Å². The Morgan fingerprint density at radius 1 is 1.10 bits per heavy atom. The standard InChI is InChI=1S/C37H55N5O5S/c1-20(2)24-15-26(21(3)4)32(27(16-24)22(5)6)48(46,47)40-18-28(36(7,8)9)35(45)42-19-29-30(37(29,10)11)31(42)34(44)41-25(17-38)14-23-12-13-39-33(23)43/h15-16,18,20-23,25,28-31H,12-14,19H2,1-11H3,(H,39,43)(H,41,44)/t23-,25-,28?,29-,30?,31-/m0/s1. The zero-order chi connectivity index (χ0) is 36.1. The van der Waals surface area contributed by atoms with E-state index in [1.54, 1.807) is 4.90 Å². The van der Waals surface area contributed by atoms with E-state index < -0.39 is 39.3 Å². The van der Waals surface area contributed by atoms with Gasteiger partial charge in [-0.05, 0) is 70.0 Å². The monoisotopic (exact) mass is 681 g/mol. The minimum atomic E-state index is -4.20. The van der Waals surface area contributed by atoms with Gasteiger partial charge in [0, 0.05) is 25.2 Å². The second-order valence-corrected chi connectivity index (χ2v) is 18.2. The van der Waals surface area contributed by atoms with E-state index in [0.717, 1.165) is 5.56 Å². The lowest BCUT2D eigenvalue weighted by Crippen LogP contribution is -2.54. The van der Waals surface area contributed by atoms with Crippen LogP contribution in [-0.4, -0.2) is 62.4 Å². The number of fused-ring (bicyclic) bond motifs is 1. The van der Waals surface area contributed by atoms with Crippen molar-refractivity contribution < 1.29 is 22.8 Å². The van der Waals surface area contributed by atoms with Gasteiger partial charge in [-0.3, -0.25) is 14.4 Å². The fourth-order valence-electron chi connectivity index (χ4n) is 7.59. The quantitative estimate of drug-likeness (QED) is 0.295. The molecule has 3 amide bonds. The lowest BCUT2D eigenvalue weighted by molar-refractivity contribution is -0.144. The smallest absolute Gasteiger partial charge is 0.282 e. The second kappa shape index (κ2) is 13.6. The lowest BCUT2D eigenvalue weighted by atomic mass is 9.80. The third kappa shape index (κ3) is 7.34. The number of carbonyl (C=O) groups is 3. The number of amides is 3. The molecule has 4 rings (SSSR count). The first-order valence-electron chi connectivity index (χ1n) is 17.4. The van der Waals surface area contributed by atoms with E-state index in [1.165, 1.54) is 6.21 Å². The number of piperidine rings is 1. The maximum absolute atomic E-state index is 14.4. The third-order valence-electron chi connectivity index (χ3n) is 10.8. The lowest BCUT2D eigenvalue weighted by Gasteiger charge is -2.36. The molecule has 11 heteroatoms. The predicted octanol–water partition coefficient (Wildman–Crippen LogP) is 5.50. The van der Waals surface area contributed by atoms with Crippen molar-refractivity contribution in [1.82, 2.24) is 15.5 Å². The van der Waals surface area contributed by atoms with E-state index in [9.17, 15) is 28.1 Å². The van der Waals surface area contributed by atoms with E-state index in [-0.39, 0.29) is 64.1 Å². The summed E-state index contributed by atoms with van der Waals surface area (Å²) in [6.07, 6.45) is 2.08. The Hall–Kier alpha value is -3.26. The molecule has 6 atom stereocenters. The highest BCUT2D eigenvalue weighted by molar-refractivity contribution is 7.90. The molecule has 2 heterocycles. The van der Waals surface area contributed by atoms with Gasteiger partial charge >= 0.3 is 0 Å². The highest BCUT2D eigenvalue weighted by atomic mass is 32.2. The van der Waals surface area contributed by atoms with Gasteiger partial charge in [0.15, 0.2) is 0 Å². The minimum absolute atomic E-state index is 0.0690. The average molecular weight is 682 g/mol. The van der Waals surface area contributed by atoms with Crippen molar-refractivity contribution in [2.45, 2.75) is 124 Å². The molecule has 3 aliphatic rings. The number of nitrogens with one attached hydrogen (secondary N) is 2. The van der Waals surface area contributed by atoms with Crippen molar-refractivity contribution in [3.8, 4) is 6.07 Å². The SMILES string of the molecule is CC(C)c1cc(C(C)C)c(S(=O)(=O)N=CC(C(=O)N2C[C@H]3C([C@H]2C(=O)N[C@H](C#N)C[C@@H]2CCNC2=O)C3(C)C)C(C)(C)C)c(C(C)C)c1. The summed E-state index contributed by atoms with van der Waals surface area (Å²) in [5.41, 5.74) is 1.61. The molecule has 1 aliphatic carbocycles. The number of sulfonamides is 1. The van der Waals surface area contributed by atoms with Crippen LogP contribution in [0.3, 0.4) is 0 Å². The fraction of sp³-hybridized carbons (Fsp3) is 0.703. The molecular weight excluding hydrogens is 627 g/mol. The molecule has 1 aromatic carbocycles. The molecule has 2 N–H and O–H groups in total. The fourth-order valence-corrected chi connectivity index (χ4v) is 9.16. The molecule has 10 nitrogen and oxygen atoms in total. The molecule has 3 fully saturated rings. The van der Waals surface area contributed by atoms with Gasteiger partial charge in [0.25, 0.3) is 10.0 Å². The summed E-state index contributed by atoms with van der Waals surface area (Å²) in [5, 5.41) is 15.5. The van der Waals surface area contributed by atoms with Crippen LogP contribution in [0.15, 0.2) is 21.4 Å². The molecule has 0 spiro atoms. The number of benzene rings is 1. The summed E-state index contributed by atoms with van der Waals surface area (Å²) < 4.78 is 32.5. The Kier molecular flexibility index (Phi) is 10.6. The Balaban J connectivity index is 1.67. The van der Waals surface area contributed by atoms with Crippen LogP contribution in [0.5, 0.6) is 0 Å². The molecule has 48 heavy (non-hydrogen) atoms. The molecule has 0 radical (unpaired) electrons. The zero-order valence-corrected chi connectivity index (χ0v) is 31.4. The van der Waals surface area contributed by atoms with Crippen molar-refractivity contribution in [1.29, 1.82) is 5.26 Å². The van der Waals surface area contributed by atoms with Crippen LogP contribution in [-0.2, 0) is 24.4 Å². The van der Waals surface area contributed by atoms with Crippen molar-refractivity contribution in [2.75, 3.05) is 13.1 Å². The van der Waals surface area contributed by atoms with Gasteiger partial charge in [-0.15, -0.1) is 0 Å². The Bertz CT molecular complexity index is 1590. The summed E-state index contributed by atoms with van der Waals surface area (Å²) >= 11 is 0. The molecule has 1 aromatic rings. The first kappa shape index (κ1) is 37.6. The van der Waals surface area contributed by atoms with Crippen molar-refractivity contribution in [3.05, 3.63) is 28.8 Å². The summed E-state index contributed by atoms with van der Waals surface area (Å²) in [5.74, 6) is -2.11. The van der Waals surface area contributed by atoms with Crippen molar-refractivity contribution >= 4 is 34.0 Å². The molecule has 2 unspecified atom stereocenters. The van der Waals surface area contributed by atoms with E-state index >= 15 is 0 Å². The largest absolute Gasteiger partial charge is 0.356 e. The minimum Gasteiger partial charge on any atom is -0.356 e. The van der Waals surface area contributed by atoms with Crippen LogP contribution in [0, 0.1) is 45.8 Å². The van der Waals surface area contributed by atoms with Gasteiger partial charge in [0.05, 0.1) is 16.9 Å². The van der Waals surface area contributed by atoms with Gasteiger partial charge in [-0.2, -0.15) is 18.1 Å². The highest BCUT2D eigenvalue weighted by Crippen LogP contribution is 2.65.